The van der Waals surface area contributed by atoms with E-state index in [0.717, 1.165) is 37.1 Å². The number of aliphatic hydroxyl groups is 1. The minimum atomic E-state index is -0.161. The molecule has 0 bridgehead atoms. The fourth-order valence-electron chi connectivity index (χ4n) is 1.43. The maximum atomic E-state index is 9.31. The molecule has 0 saturated heterocycles. The molecule has 1 aromatic rings. The number of rotatable bonds is 0. The summed E-state index contributed by atoms with van der Waals surface area (Å²) in [5.41, 5.74) is 2.06. The normalized spacial score (nSPS) is 19.4. The van der Waals surface area contributed by atoms with Gasteiger partial charge in [0.1, 0.15) is 0 Å². The lowest BCUT2D eigenvalue weighted by Crippen LogP contribution is -2.05. The van der Waals surface area contributed by atoms with Gasteiger partial charge in [0.05, 0.1) is 17.5 Å². The van der Waals surface area contributed by atoms with E-state index in [1.54, 1.807) is 0 Å². The lowest BCUT2D eigenvalue weighted by molar-refractivity contribution is 0.158. The summed E-state index contributed by atoms with van der Waals surface area (Å²) in [5, 5.41) is 19.9. The molecular formula is C7H11N3O. The highest BCUT2D eigenvalue weighted by molar-refractivity contribution is 5.10. The average molecular weight is 153 g/mol. The monoisotopic (exact) mass is 153 g/mol. The second-order valence-electron chi connectivity index (χ2n) is 2.95. The molecule has 0 fully saturated rings. The van der Waals surface area contributed by atoms with E-state index >= 15 is 0 Å². The molecule has 1 aliphatic rings. The Morgan fingerprint density at radius 1 is 1.18 bits per heavy atom. The number of aryl methyl sites for hydroxylation is 2. The van der Waals surface area contributed by atoms with Gasteiger partial charge in [-0.25, -0.2) is 0 Å². The highest BCUT2D eigenvalue weighted by Crippen LogP contribution is 2.15. The van der Waals surface area contributed by atoms with Gasteiger partial charge >= 0.3 is 0 Å². The van der Waals surface area contributed by atoms with Crippen molar-refractivity contribution in [2.75, 3.05) is 0 Å². The van der Waals surface area contributed by atoms with E-state index in [-0.39, 0.29) is 6.10 Å². The Hall–Kier alpha value is -0.900. The molecule has 1 aromatic heterocycles. The van der Waals surface area contributed by atoms with Crippen LogP contribution in [0.15, 0.2) is 0 Å². The van der Waals surface area contributed by atoms with Crippen LogP contribution in [-0.4, -0.2) is 26.6 Å². The van der Waals surface area contributed by atoms with E-state index in [2.05, 4.69) is 15.4 Å². The molecule has 0 atom stereocenters. The van der Waals surface area contributed by atoms with Crippen LogP contribution < -0.4 is 0 Å². The van der Waals surface area contributed by atoms with Gasteiger partial charge in [0.2, 0.25) is 0 Å². The van der Waals surface area contributed by atoms with Crippen LogP contribution in [0.1, 0.15) is 24.2 Å². The third-order valence-electron chi connectivity index (χ3n) is 2.13. The summed E-state index contributed by atoms with van der Waals surface area (Å²) in [6.45, 7) is 0. The van der Waals surface area contributed by atoms with Crippen molar-refractivity contribution >= 4 is 0 Å². The SMILES string of the molecule is OC1CCc2n[nH]nc2CC1. The first-order chi connectivity index (χ1) is 5.36. The number of hydrogen-bond donors (Lipinski definition) is 2. The molecule has 0 radical (unpaired) electrons. The fraction of sp³-hybridized carbons (Fsp3) is 0.714. The van der Waals surface area contributed by atoms with E-state index in [0.29, 0.717) is 0 Å². The number of hydrogen-bond acceptors (Lipinski definition) is 3. The molecule has 0 spiro atoms. The Labute approximate surface area is 64.6 Å². The summed E-state index contributed by atoms with van der Waals surface area (Å²) in [5.74, 6) is 0. The largest absolute Gasteiger partial charge is 0.393 e. The Balaban J connectivity index is 2.20. The van der Waals surface area contributed by atoms with Crippen LogP contribution in [0.2, 0.25) is 0 Å². The maximum Gasteiger partial charge on any atom is 0.0857 e. The van der Waals surface area contributed by atoms with Crippen molar-refractivity contribution in [2.45, 2.75) is 31.8 Å². The Bertz CT molecular complexity index is 223. The molecule has 4 nitrogen and oxygen atoms in total. The van der Waals surface area contributed by atoms with Crippen LogP contribution in [0, 0.1) is 0 Å². The molecule has 60 valence electrons. The molecule has 2 N–H and O–H groups in total. The van der Waals surface area contributed by atoms with Gasteiger partial charge in [-0.3, -0.25) is 0 Å². The summed E-state index contributed by atoms with van der Waals surface area (Å²) >= 11 is 0. The van der Waals surface area contributed by atoms with Crippen molar-refractivity contribution in [3.63, 3.8) is 0 Å². The average Bonchev–Trinajstić information content (AvgIpc) is 2.38. The topological polar surface area (TPSA) is 61.8 Å². The highest BCUT2D eigenvalue weighted by Gasteiger charge is 2.16. The van der Waals surface area contributed by atoms with Gasteiger partial charge in [0.25, 0.3) is 0 Å². The van der Waals surface area contributed by atoms with E-state index in [4.69, 9.17) is 0 Å². The summed E-state index contributed by atoms with van der Waals surface area (Å²) in [4.78, 5) is 0. The number of aromatic amines is 1. The molecule has 1 heterocycles. The Kier molecular flexibility index (Phi) is 1.62. The number of fused-ring (bicyclic) bond motifs is 1. The smallest absolute Gasteiger partial charge is 0.0857 e. The first kappa shape index (κ1) is 6.79. The van der Waals surface area contributed by atoms with E-state index in [1.165, 1.54) is 0 Å². The zero-order valence-corrected chi connectivity index (χ0v) is 6.25. The predicted octanol–water partition coefficient (Wildman–Crippen LogP) is 0.0444. The molecule has 0 aromatic carbocycles. The van der Waals surface area contributed by atoms with Crippen molar-refractivity contribution in [3.8, 4) is 0 Å². The quantitative estimate of drug-likeness (QED) is 0.517. The van der Waals surface area contributed by atoms with Crippen molar-refractivity contribution in [1.29, 1.82) is 0 Å². The van der Waals surface area contributed by atoms with Gasteiger partial charge < -0.3 is 5.11 Å². The van der Waals surface area contributed by atoms with Crippen LogP contribution in [0.4, 0.5) is 0 Å². The van der Waals surface area contributed by atoms with Crippen LogP contribution in [0.5, 0.6) is 0 Å². The highest BCUT2D eigenvalue weighted by atomic mass is 16.3. The van der Waals surface area contributed by atoms with Crippen LogP contribution in [-0.2, 0) is 12.8 Å². The minimum absolute atomic E-state index is 0.161. The number of H-pyrrole nitrogens is 1. The number of aliphatic hydroxyl groups excluding tert-OH is 1. The first-order valence-corrected chi connectivity index (χ1v) is 3.93. The number of nitrogens with zero attached hydrogens (tertiary/aromatic N) is 2. The summed E-state index contributed by atoms with van der Waals surface area (Å²) < 4.78 is 0. The molecule has 4 heteroatoms. The fourth-order valence-corrected chi connectivity index (χ4v) is 1.43. The first-order valence-electron chi connectivity index (χ1n) is 3.93. The van der Waals surface area contributed by atoms with Gasteiger partial charge in [-0.2, -0.15) is 15.4 Å². The van der Waals surface area contributed by atoms with Crippen molar-refractivity contribution in [3.05, 3.63) is 11.4 Å². The molecular weight excluding hydrogens is 142 g/mol. The summed E-state index contributed by atoms with van der Waals surface area (Å²) in [7, 11) is 0. The number of aromatic nitrogens is 3. The standard InChI is InChI=1S/C7H11N3O/c11-5-1-3-6-7(4-2-5)9-10-8-6/h5,11H,1-4H2,(H,8,9,10). The Morgan fingerprint density at radius 2 is 1.73 bits per heavy atom. The van der Waals surface area contributed by atoms with Gasteiger partial charge in [-0.1, -0.05) is 0 Å². The van der Waals surface area contributed by atoms with E-state index in [1.807, 2.05) is 0 Å². The van der Waals surface area contributed by atoms with Crippen molar-refractivity contribution in [1.82, 2.24) is 15.4 Å². The van der Waals surface area contributed by atoms with Crippen molar-refractivity contribution < 1.29 is 5.11 Å². The third-order valence-corrected chi connectivity index (χ3v) is 2.13. The molecule has 2 rings (SSSR count). The molecule has 0 unspecified atom stereocenters. The maximum absolute atomic E-state index is 9.31. The van der Waals surface area contributed by atoms with Crippen molar-refractivity contribution in [2.24, 2.45) is 0 Å². The predicted molar refractivity (Wildman–Crippen MR) is 39.0 cm³/mol. The molecule has 0 saturated carbocycles. The summed E-state index contributed by atoms with van der Waals surface area (Å²) in [6, 6.07) is 0. The zero-order valence-electron chi connectivity index (χ0n) is 6.25. The van der Waals surface area contributed by atoms with E-state index < -0.39 is 0 Å². The minimum Gasteiger partial charge on any atom is -0.393 e. The van der Waals surface area contributed by atoms with Gasteiger partial charge in [-0.05, 0) is 25.7 Å². The van der Waals surface area contributed by atoms with Crippen LogP contribution >= 0.6 is 0 Å². The third kappa shape index (κ3) is 1.26. The lowest BCUT2D eigenvalue weighted by Gasteiger charge is -2.02. The Morgan fingerprint density at radius 3 is 2.27 bits per heavy atom. The van der Waals surface area contributed by atoms with Gasteiger partial charge in [-0.15, -0.1) is 0 Å². The molecule has 1 aliphatic carbocycles. The number of nitrogens with one attached hydrogen (secondary N) is 1. The second kappa shape index (κ2) is 2.62. The van der Waals surface area contributed by atoms with Gasteiger partial charge in [0.15, 0.2) is 0 Å². The second-order valence-corrected chi connectivity index (χ2v) is 2.95. The van der Waals surface area contributed by atoms with Crippen LogP contribution in [0.3, 0.4) is 0 Å². The zero-order chi connectivity index (χ0) is 7.68. The van der Waals surface area contributed by atoms with E-state index in [9.17, 15) is 5.11 Å². The summed E-state index contributed by atoms with van der Waals surface area (Å²) in [6.07, 6.45) is 3.19. The van der Waals surface area contributed by atoms with Crippen LogP contribution in [0.25, 0.3) is 0 Å². The lowest BCUT2D eigenvalue weighted by atomic mass is 10.1. The molecule has 0 amide bonds. The molecule has 0 aliphatic heterocycles. The van der Waals surface area contributed by atoms with Gasteiger partial charge in [0, 0.05) is 0 Å². The molecule has 11 heavy (non-hydrogen) atoms.